The van der Waals surface area contributed by atoms with E-state index in [2.05, 4.69) is 22.6 Å². The monoisotopic (exact) mass is 231 g/mol. The van der Waals surface area contributed by atoms with Crippen molar-refractivity contribution in [1.29, 1.82) is 0 Å². The summed E-state index contributed by atoms with van der Waals surface area (Å²) in [6, 6.07) is 3.16. The van der Waals surface area contributed by atoms with Crippen molar-refractivity contribution in [1.82, 2.24) is 5.43 Å². The van der Waals surface area contributed by atoms with E-state index in [1.807, 2.05) is 0 Å². The maximum Gasteiger partial charge on any atom is 0.225 e. The fraction of sp³-hybridized carbons (Fsp3) is 0. The highest BCUT2D eigenvalue weighted by Gasteiger charge is 2.06. The number of nitrogens with one attached hydrogen (secondary N) is 2. The summed E-state index contributed by atoms with van der Waals surface area (Å²) in [5.41, 5.74) is 5.77. The Hall–Kier alpha value is -1.26. The highest BCUT2D eigenvalue weighted by Crippen LogP contribution is 2.34. The topological polar surface area (TPSA) is 53.5 Å². The van der Waals surface area contributed by atoms with Crippen LogP contribution in [0.5, 0.6) is 0 Å². The Bertz CT molecular complexity index is 345. The van der Waals surface area contributed by atoms with Crippen molar-refractivity contribution < 1.29 is 4.79 Å². The summed E-state index contributed by atoms with van der Waals surface area (Å²) in [4.78, 5) is 13.7. The molecule has 74 valence electrons. The summed E-state index contributed by atoms with van der Waals surface area (Å²) >= 11 is 11.7. The van der Waals surface area contributed by atoms with Gasteiger partial charge in [0.05, 0.1) is 21.4 Å². The van der Waals surface area contributed by atoms with Crippen LogP contribution >= 0.6 is 23.2 Å². The number of aliphatic imine (C=N–C) groups is 1. The maximum atomic E-state index is 10.0. The summed E-state index contributed by atoms with van der Waals surface area (Å²) < 4.78 is 0. The molecule has 1 aromatic carbocycles. The van der Waals surface area contributed by atoms with Gasteiger partial charge in [0.2, 0.25) is 6.41 Å². The molecule has 14 heavy (non-hydrogen) atoms. The average Bonchev–Trinajstić information content (AvgIpc) is 2.16. The average molecular weight is 232 g/mol. The molecule has 2 N–H and O–H groups in total. The number of carbonyl (C=O) groups is 1. The number of halogens is 2. The van der Waals surface area contributed by atoms with Crippen molar-refractivity contribution >= 4 is 47.7 Å². The highest BCUT2D eigenvalue weighted by molar-refractivity contribution is 6.39. The van der Waals surface area contributed by atoms with E-state index in [0.717, 1.165) is 0 Å². The Morgan fingerprint density at radius 1 is 1.36 bits per heavy atom. The van der Waals surface area contributed by atoms with E-state index in [1.54, 1.807) is 12.1 Å². The predicted molar refractivity (Wildman–Crippen MR) is 58.5 cm³/mol. The largest absolute Gasteiger partial charge is 0.296 e. The summed E-state index contributed by atoms with van der Waals surface area (Å²) in [6.07, 6.45) is 0.478. The fourth-order valence-corrected chi connectivity index (χ4v) is 1.44. The van der Waals surface area contributed by atoms with Gasteiger partial charge in [-0.05, 0) is 18.9 Å². The van der Waals surface area contributed by atoms with Crippen molar-refractivity contribution in [2.75, 3.05) is 5.43 Å². The van der Waals surface area contributed by atoms with Crippen molar-refractivity contribution in [3.8, 4) is 0 Å². The van der Waals surface area contributed by atoms with Crippen LogP contribution in [-0.4, -0.2) is 13.1 Å². The Morgan fingerprint density at radius 3 is 2.36 bits per heavy atom. The van der Waals surface area contributed by atoms with Crippen LogP contribution in [0.25, 0.3) is 0 Å². The van der Waals surface area contributed by atoms with Gasteiger partial charge in [0.1, 0.15) is 0 Å². The smallest absolute Gasteiger partial charge is 0.225 e. The zero-order chi connectivity index (χ0) is 10.6. The lowest BCUT2D eigenvalue weighted by atomic mass is 10.3. The third-order valence-electron chi connectivity index (χ3n) is 1.47. The summed E-state index contributed by atoms with van der Waals surface area (Å²) in [7, 11) is 0. The number of amides is 1. The lowest BCUT2D eigenvalue weighted by Crippen LogP contribution is -2.19. The Kier molecular flexibility index (Phi) is 3.73. The van der Waals surface area contributed by atoms with Gasteiger partial charge < -0.3 is 0 Å². The SMILES string of the molecule is C=Nc1cc(Cl)c(NNC=O)c(Cl)c1. The first-order valence-electron chi connectivity index (χ1n) is 3.60. The normalized spacial score (nSPS) is 9.29. The minimum absolute atomic E-state index is 0.356. The van der Waals surface area contributed by atoms with Crippen LogP contribution in [0.2, 0.25) is 10.0 Å². The molecule has 0 unspecified atom stereocenters. The standard InChI is InChI=1S/C8H7Cl2N3O/c1-11-5-2-6(9)8(7(10)3-5)13-12-4-14/h2-4,13H,1H2,(H,12,14). The van der Waals surface area contributed by atoms with Crippen molar-refractivity contribution in [2.24, 2.45) is 4.99 Å². The molecule has 0 radical (unpaired) electrons. The molecule has 4 nitrogen and oxygen atoms in total. The lowest BCUT2D eigenvalue weighted by molar-refractivity contribution is -0.109. The van der Waals surface area contributed by atoms with Crippen LogP contribution in [0.4, 0.5) is 11.4 Å². The molecule has 0 atom stereocenters. The van der Waals surface area contributed by atoms with Crippen molar-refractivity contribution in [3.05, 3.63) is 22.2 Å². The summed E-state index contributed by atoms with van der Waals surface area (Å²) in [6.45, 7) is 3.35. The van der Waals surface area contributed by atoms with E-state index in [0.29, 0.717) is 27.8 Å². The molecule has 0 aromatic heterocycles. The fourth-order valence-electron chi connectivity index (χ4n) is 0.872. The van der Waals surface area contributed by atoms with Crippen LogP contribution in [0.3, 0.4) is 0 Å². The second-order valence-electron chi connectivity index (χ2n) is 2.33. The van der Waals surface area contributed by atoms with Gasteiger partial charge in [-0.3, -0.25) is 20.6 Å². The van der Waals surface area contributed by atoms with Crippen molar-refractivity contribution in [3.63, 3.8) is 0 Å². The maximum absolute atomic E-state index is 10.0. The molecule has 0 aliphatic heterocycles. The Morgan fingerprint density at radius 2 is 1.93 bits per heavy atom. The number of nitrogens with zero attached hydrogens (tertiary/aromatic N) is 1. The minimum atomic E-state index is 0.356. The summed E-state index contributed by atoms with van der Waals surface area (Å²) in [5, 5.41) is 0.712. The molecule has 0 bridgehead atoms. The van der Waals surface area contributed by atoms with Crippen LogP contribution in [-0.2, 0) is 4.79 Å². The highest BCUT2D eigenvalue weighted by atomic mass is 35.5. The second kappa shape index (κ2) is 4.83. The zero-order valence-electron chi connectivity index (χ0n) is 7.05. The quantitative estimate of drug-likeness (QED) is 0.475. The molecular formula is C8H7Cl2N3O. The Labute approximate surface area is 90.9 Å². The molecule has 6 heteroatoms. The third kappa shape index (κ3) is 2.37. The van der Waals surface area contributed by atoms with Crippen LogP contribution in [0.15, 0.2) is 17.1 Å². The first-order chi connectivity index (χ1) is 6.69. The molecule has 0 saturated carbocycles. The molecule has 0 aliphatic rings. The van der Waals surface area contributed by atoms with Gasteiger partial charge in [-0.25, -0.2) is 0 Å². The zero-order valence-corrected chi connectivity index (χ0v) is 8.56. The molecule has 0 fully saturated rings. The van der Waals surface area contributed by atoms with E-state index in [4.69, 9.17) is 23.2 Å². The lowest BCUT2D eigenvalue weighted by Gasteiger charge is -2.09. The van der Waals surface area contributed by atoms with E-state index in [1.165, 1.54) is 0 Å². The van der Waals surface area contributed by atoms with Gasteiger partial charge in [-0.1, -0.05) is 23.2 Å². The molecule has 1 aromatic rings. The minimum Gasteiger partial charge on any atom is -0.296 e. The number of hydrogen-bond donors (Lipinski definition) is 2. The molecule has 1 rings (SSSR count). The third-order valence-corrected chi connectivity index (χ3v) is 2.06. The van der Waals surface area contributed by atoms with Gasteiger partial charge in [-0.15, -0.1) is 0 Å². The van der Waals surface area contributed by atoms with E-state index >= 15 is 0 Å². The molecule has 0 saturated heterocycles. The van der Waals surface area contributed by atoms with E-state index < -0.39 is 0 Å². The first-order valence-corrected chi connectivity index (χ1v) is 4.35. The Balaban J connectivity index is 3.04. The number of benzene rings is 1. The number of carbonyl (C=O) groups excluding carboxylic acids is 1. The molecular weight excluding hydrogens is 225 g/mol. The van der Waals surface area contributed by atoms with E-state index in [9.17, 15) is 4.79 Å². The van der Waals surface area contributed by atoms with Crippen LogP contribution in [0.1, 0.15) is 0 Å². The number of hydrogen-bond acceptors (Lipinski definition) is 3. The summed E-state index contributed by atoms with van der Waals surface area (Å²) in [5.74, 6) is 0. The van der Waals surface area contributed by atoms with Crippen LogP contribution in [0, 0.1) is 0 Å². The van der Waals surface area contributed by atoms with Gasteiger partial charge in [0.15, 0.2) is 0 Å². The second-order valence-corrected chi connectivity index (χ2v) is 3.14. The predicted octanol–water partition coefficient (Wildman–Crippen LogP) is 2.40. The number of anilines is 1. The molecule has 0 spiro atoms. The van der Waals surface area contributed by atoms with Gasteiger partial charge in [-0.2, -0.15) is 0 Å². The van der Waals surface area contributed by atoms with Crippen LogP contribution < -0.4 is 10.9 Å². The van der Waals surface area contributed by atoms with Gasteiger partial charge in [0.25, 0.3) is 0 Å². The van der Waals surface area contributed by atoms with Gasteiger partial charge >= 0.3 is 0 Å². The molecule has 1 amide bonds. The van der Waals surface area contributed by atoms with E-state index in [-0.39, 0.29) is 0 Å². The molecule has 0 heterocycles. The first kappa shape index (κ1) is 10.8. The number of hydrazine groups is 1. The van der Waals surface area contributed by atoms with Gasteiger partial charge in [0, 0.05) is 0 Å². The molecule has 0 aliphatic carbocycles. The number of rotatable bonds is 4. The van der Waals surface area contributed by atoms with Crippen molar-refractivity contribution in [2.45, 2.75) is 0 Å².